The molecular formula is C7H10O2. The lowest BCUT2D eigenvalue weighted by Gasteiger charge is -1.92. The third-order valence-corrected chi connectivity index (χ3v) is 2.29. The fourth-order valence-corrected chi connectivity index (χ4v) is 1.24. The smallest absolute Gasteiger partial charge is 0.124 e. The first kappa shape index (κ1) is 6.46. The molecule has 0 bridgehead atoms. The van der Waals surface area contributed by atoms with Crippen molar-refractivity contribution in [2.75, 3.05) is 0 Å². The summed E-state index contributed by atoms with van der Waals surface area (Å²) in [6, 6.07) is 0. The highest BCUT2D eigenvalue weighted by Crippen LogP contribution is 2.55. The summed E-state index contributed by atoms with van der Waals surface area (Å²) >= 11 is 0. The molecule has 0 spiro atoms. The van der Waals surface area contributed by atoms with E-state index in [9.17, 15) is 9.59 Å². The number of rotatable bonds is 2. The zero-order valence-corrected chi connectivity index (χ0v) is 5.63. The second-order valence-electron chi connectivity index (χ2n) is 3.15. The summed E-state index contributed by atoms with van der Waals surface area (Å²) in [4.78, 5) is 20.4. The van der Waals surface area contributed by atoms with E-state index < -0.39 is 0 Å². The third-order valence-electron chi connectivity index (χ3n) is 2.29. The van der Waals surface area contributed by atoms with Crippen LogP contribution in [0.15, 0.2) is 0 Å². The van der Waals surface area contributed by atoms with E-state index in [1.54, 1.807) is 0 Å². The lowest BCUT2D eigenvalue weighted by molar-refractivity contribution is -0.112. The van der Waals surface area contributed by atoms with Crippen molar-refractivity contribution < 1.29 is 9.59 Å². The maximum Gasteiger partial charge on any atom is 0.124 e. The molecule has 1 fully saturated rings. The Morgan fingerprint density at radius 1 is 1.11 bits per heavy atom. The van der Waals surface area contributed by atoms with E-state index in [1.807, 2.05) is 13.8 Å². The van der Waals surface area contributed by atoms with Gasteiger partial charge >= 0.3 is 0 Å². The molecule has 50 valence electrons. The molecule has 1 rings (SSSR count). The molecule has 0 aliphatic heterocycles. The number of carbonyl (C=O) groups excluding carboxylic acids is 2. The van der Waals surface area contributed by atoms with E-state index in [2.05, 4.69) is 0 Å². The van der Waals surface area contributed by atoms with Crippen molar-refractivity contribution in [2.24, 2.45) is 17.3 Å². The molecule has 0 aromatic heterocycles. The molecule has 2 nitrogen and oxygen atoms in total. The molecule has 1 aliphatic carbocycles. The van der Waals surface area contributed by atoms with Crippen molar-refractivity contribution in [2.45, 2.75) is 13.8 Å². The first-order chi connectivity index (χ1) is 4.14. The van der Waals surface area contributed by atoms with Crippen molar-refractivity contribution in [1.82, 2.24) is 0 Å². The van der Waals surface area contributed by atoms with E-state index >= 15 is 0 Å². The molecule has 0 aromatic carbocycles. The predicted molar refractivity (Wildman–Crippen MR) is 32.9 cm³/mol. The Morgan fingerprint density at radius 3 is 1.56 bits per heavy atom. The van der Waals surface area contributed by atoms with E-state index in [0.29, 0.717) is 0 Å². The Labute approximate surface area is 54.2 Å². The molecule has 2 atom stereocenters. The van der Waals surface area contributed by atoms with Crippen molar-refractivity contribution in [3.8, 4) is 0 Å². The summed E-state index contributed by atoms with van der Waals surface area (Å²) in [7, 11) is 0. The quantitative estimate of drug-likeness (QED) is 0.509. The van der Waals surface area contributed by atoms with Crippen LogP contribution in [-0.4, -0.2) is 12.6 Å². The zero-order valence-electron chi connectivity index (χ0n) is 5.63. The largest absolute Gasteiger partial charge is 0.303 e. The summed E-state index contributed by atoms with van der Waals surface area (Å²) in [6.45, 7) is 3.87. The monoisotopic (exact) mass is 126 g/mol. The van der Waals surface area contributed by atoms with Crippen LogP contribution < -0.4 is 0 Å². The molecule has 9 heavy (non-hydrogen) atoms. The van der Waals surface area contributed by atoms with Crippen LogP contribution in [0.1, 0.15) is 13.8 Å². The van der Waals surface area contributed by atoms with Gasteiger partial charge in [-0.3, -0.25) is 0 Å². The first-order valence-electron chi connectivity index (χ1n) is 3.05. The van der Waals surface area contributed by atoms with Crippen LogP contribution in [0.4, 0.5) is 0 Å². The highest BCUT2D eigenvalue weighted by molar-refractivity contribution is 5.74. The molecule has 0 radical (unpaired) electrons. The average Bonchev–Trinajstić information content (AvgIpc) is 2.32. The maximum atomic E-state index is 10.2. The summed E-state index contributed by atoms with van der Waals surface area (Å²) in [6.07, 6.45) is 1.75. The van der Waals surface area contributed by atoms with Crippen LogP contribution in [0.2, 0.25) is 0 Å². The Kier molecular flexibility index (Phi) is 1.19. The molecule has 0 N–H and O–H groups in total. The summed E-state index contributed by atoms with van der Waals surface area (Å²) < 4.78 is 0. The normalized spacial score (nSPS) is 37.6. The highest BCUT2D eigenvalue weighted by atomic mass is 16.1. The third kappa shape index (κ3) is 0.696. The van der Waals surface area contributed by atoms with E-state index in [4.69, 9.17) is 0 Å². The van der Waals surface area contributed by atoms with Gasteiger partial charge in [0, 0.05) is 11.8 Å². The van der Waals surface area contributed by atoms with Crippen molar-refractivity contribution in [3.63, 3.8) is 0 Å². The standard InChI is InChI=1S/C7H10O2/c1-7(2)5(3-8)6(7)4-9/h3-6H,1-2H3. The minimum absolute atomic E-state index is 0.0185. The van der Waals surface area contributed by atoms with Gasteiger partial charge in [-0.05, 0) is 5.41 Å². The lowest BCUT2D eigenvalue weighted by Crippen LogP contribution is -1.90. The number of carbonyl (C=O) groups is 2. The van der Waals surface area contributed by atoms with Crippen LogP contribution in [0, 0.1) is 17.3 Å². The maximum absolute atomic E-state index is 10.2. The summed E-state index contributed by atoms with van der Waals surface area (Å²) in [5, 5.41) is 0. The van der Waals surface area contributed by atoms with Gasteiger partial charge in [0.25, 0.3) is 0 Å². The van der Waals surface area contributed by atoms with Gasteiger partial charge in [0.1, 0.15) is 12.6 Å². The van der Waals surface area contributed by atoms with Gasteiger partial charge in [-0.25, -0.2) is 0 Å². The minimum Gasteiger partial charge on any atom is -0.303 e. The molecule has 0 aromatic rings. The van der Waals surface area contributed by atoms with E-state index in [0.717, 1.165) is 12.6 Å². The van der Waals surface area contributed by atoms with Crippen molar-refractivity contribution in [1.29, 1.82) is 0 Å². The number of hydrogen-bond acceptors (Lipinski definition) is 2. The fourth-order valence-electron chi connectivity index (χ4n) is 1.24. The van der Waals surface area contributed by atoms with Crippen molar-refractivity contribution in [3.05, 3.63) is 0 Å². The molecular weight excluding hydrogens is 116 g/mol. The van der Waals surface area contributed by atoms with Gasteiger partial charge in [-0.2, -0.15) is 0 Å². The van der Waals surface area contributed by atoms with E-state index in [1.165, 1.54) is 0 Å². The van der Waals surface area contributed by atoms with Gasteiger partial charge in [-0.15, -0.1) is 0 Å². The topological polar surface area (TPSA) is 34.1 Å². The van der Waals surface area contributed by atoms with Crippen LogP contribution in [0.5, 0.6) is 0 Å². The van der Waals surface area contributed by atoms with Gasteiger partial charge in [0.2, 0.25) is 0 Å². The van der Waals surface area contributed by atoms with Crippen LogP contribution in [-0.2, 0) is 9.59 Å². The lowest BCUT2D eigenvalue weighted by atomic mass is 10.1. The molecule has 2 heteroatoms. The second kappa shape index (κ2) is 1.66. The summed E-state index contributed by atoms with van der Waals surface area (Å²) in [5.41, 5.74) is -0.0521. The fraction of sp³-hybridized carbons (Fsp3) is 0.714. The Bertz CT molecular complexity index is 133. The first-order valence-corrected chi connectivity index (χ1v) is 3.05. The van der Waals surface area contributed by atoms with Gasteiger partial charge in [0.05, 0.1) is 0 Å². The zero-order chi connectivity index (χ0) is 7.07. The minimum atomic E-state index is -0.0521. The van der Waals surface area contributed by atoms with Gasteiger partial charge in [0.15, 0.2) is 0 Å². The van der Waals surface area contributed by atoms with Gasteiger partial charge < -0.3 is 9.59 Å². The molecule has 1 aliphatic rings. The Balaban J connectivity index is 2.64. The molecule has 1 saturated carbocycles. The predicted octanol–water partition coefficient (Wildman–Crippen LogP) is 0.656. The summed E-state index contributed by atoms with van der Waals surface area (Å²) in [5.74, 6) is -0.0370. The van der Waals surface area contributed by atoms with Crippen LogP contribution in [0.3, 0.4) is 0 Å². The molecule has 2 unspecified atom stereocenters. The van der Waals surface area contributed by atoms with Crippen LogP contribution >= 0.6 is 0 Å². The molecule has 0 saturated heterocycles. The molecule has 0 amide bonds. The Hall–Kier alpha value is -0.660. The van der Waals surface area contributed by atoms with E-state index in [-0.39, 0.29) is 17.3 Å². The Morgan fingerprint density at radius 2 is 1.44 bits per heavy atom. The SMILES string of the molecule is CC1(C)C(C=O)C1C=O. The number of hydrogen-bond donors (Lipinski definition) is 0. The highest BCUT2D eigenvalue weighted by Gasteiger charge is 2.57. The van der Waals surface area contributed by atoms with Crippen molar-refractivity contribution >= 4 is 12.6 Å². The molecule has 0 heterocycles. The average molecular weight is 126 g/mol. The van der Waals surface area contributed by atoms with Crippen LogP contribution in [0.25, 0.3) is 0 Å². The second-order valence-corrected chi connectivity index (χ2v) is 3.15. The van der Waals surface area contributed by atoms with Gasteiger partial charge in [-0.1, -0.05) is 13.8 Å². The number of aldehydes is 2.